The van der Waals surface area contributed by atoms with E-state index < -0.39 is 11.5 Å². The summed E-state index contributed by atoms with van der Waals surface area (Å²) in [6, 6.07) is 8.33. The second-order valence-corrected chi connectivity index (χ2v) is 5.55. The van der Waals surface area contributed by atoms with Gasteiger partial charge < -0.3 is 15.7 Å². The zero-order valence-electron chi connectivity index (χ0n) is 12.7. The molecular formula is C16H26N2O2. The van der Waals surface area contributed by atoms with Crippen LogP contribution < -0.4 is 10.6 Å². The standard InChI is InChI=1S/C16H26N2O2/c1-4-18(14-10-6-5-9-13(14)2)12-8-7-11-16(3,17)15(19)20/h5-6,9-10H,4,7-8,11-12,17H2,1-3H3,(H,19,20). The third kappa shape index (κ3) is 4.53. The van der Waals surface area contributed by atoms with E-state index in [4.69, 9.17) is 10.8 Å². The van der Waals surface area contributed by atoms with Gasteiger partial charge in [-0.1, -0.05) is 18.2 Å². The molecular weight excluding hydrogens is 252 g/mol. The summed E-state index contributed by atoms with van der Waals surface area (Å²) in [5.74, 6) is -0.927. The van der Waals surface area contributed by atoms with E-state index in [9.17, 15) is 4.79 Å². The molecule has 0 amide bonds. The molecule has 0 fully saturated rings. The van der Waals surface area contributed by atoms with Gasteiger partial charge in [-0.2, -0.15) is 0 Å². The molecule has 112 valence electrons. The highest BCUT2D eigenvalue weighted by Crippen LogP contribution is 2.20. The van der Waals surface area contributed by atoms with Crippen LogP contribution in [0.2, 0.25) is 0 Å². The summed E-state index contributed by atoms with van der Waals surface area (Å²) < 4.78 is 0. The molecule has 0 aliphatic carbocycles. The fourth-order valence-corrected chi connectivity index (χ4v) is 2.27. The Morgan fingerprint density at radius 1 is 1.35 bits per heavy atom. The molecule has 4 heteroatoms. The van der Waals surface area contributed by atoms with Crippen molar-refractivity contribution in [3.8, 4) is 0 Å². The summed E-state index contributed by atoms with van der Waals surface area (Å²) in [7, 11) is 0. The number of rotatable bonds is 8. The van der Waals surface area contributed by atoms with Gasteiger partial charge in [0.15, 0.2) is 0 Å². The Labute approximate surface area is 121 Å². The topological polar surface area (TPSA) is 66.6 Å². The Morgan fingerprint density at radius 2 is 2.00 bits per heavy atom. The molecule has 1 aromatic carbocycles. The number of aliphatic carboxylic acids is 1. The molecule has 0 saturated heterocycles. The van der Waals surface area contributed by atoms with Crippen molar-refractivity contribution in [3.63, 3.8) is 0 Å². The normalized spacial score (nSPS) is 13.8. The van der Waals surface area contributed by atoms with Crippen molar-refractivity contribution in [1.82, 2.24) is 0 Å². The molecule has 20 heavy (non-hydrogen) atoms. The Bertz CT molecular complexity index is 444. The van der Waals surface area contributed by atoms with Gasteiger partial charge in [0.05, 0.1) is 0 Å². The van der Waals surface area contributed by atoms with Crippen LogP contribution in [0.4, 0.5) is 5.69 Å². The number of nitrogens with zero attached hydrogens (tertiary/aromatic N) is 1. The van der Waals surface area contributed by atoms with Crippen LogP contribution in [-0.2, 0) is 4.79 Å². The summed E-state index contributed by atoms with van der Waals surface area (Å²) in [6.45, 7) is 7.70. The van der Waals surface area contributed by atoms with Crippen LogP contribution in [0.25, 0.3) is 0 Å². The van der Waals surface area contributed by atoms with Gasteiger partial charge in [0.25, 0.3) is 0 Å². The minimum absolute atomic E-state index is 0.508. The third-order valence-electron chi connectivity index (χ3n) is 3.70. The van der Waals surface area contributed by atoms with E-state index in [1.807, 2.05) is 12.1 Å². The molecule has 4 nitrogen and oxygen atoms in total. The van der Waals surface area contributed by atoms with Crippen molar-refractivity contribution < 1.29 is 9.90 Å². The first kappa shape index (κ1) is 16.5. The Morgan fingerprint density at radius 3 is 2.55 bits per heavy atom. The predicted octanol–water partition coefficient (Wildman–Crippen LogP) is 2.79. The lowest BCUT2D eigenvalue weighted by molar-refractivity contribution is -0.142. The summed E-state index contributed by atoms with van der Waals surface area (Å²) in [4.78, 5) is 13.3. The molecule has 0 aromatic heterocycles. The molecule has 3 N–H and O–H groups in total. The quantitative estimate of drug-likeness (QED) is 0.718. The number of unbranched alkanes of at least 4 members (excludes halogenated alkanes) is 1. The van der Waals surface area contributed by atoms with Crippen molar-refractivity contribution in [1.29, 1.82) is 0 Å². The van der Waals surface area contributed by atoms with Gasteiger partial charge in [-0.25, -0.2) is 0 Å². The van der Waals surface area contributed by atoms with E-state index in [0.29, 0.717) is 6.42 Å². The van der Waals surface area contributed by atoms with Crippen LogP contribution in [-0.4, -0.2) is 29.7 Å². The second kappa shape index (κ2) is 7.29. The lowest BCUT2D eigenvalue weighted by Gasteiger charge is -2.25. The highest BCUT2D eigenvalue weighted by molar-refractivity contribution is 5.77. The van der Waals surface area contributed by atoms with Gasteiger partial charge in [0.1, 0.15) is 5.54 Å². The first-order valence-corrected chi connectivity index (χ1v) is 7.21. The molecule has 1 unspecified atom stereocenters. The lowest BCUT2D eigenvalue weighted by atomic mass is 9.96. The Kier molecular flexibility index (Phi) is 6.02. The predicted molar refractivity (Wildman–Crippen MR) is 83.1 cm³/mol. The fraction of sp³-hybridized carbons (Fsp3) is 0.562. The molecule has 1 rings (SSSR count). The molecule has 0 bridgehead atoms. The number of aryl methyl sites for hydroxylation is 1. The van der Waals surface area contributed by atoms with E-state index in [1.54, 1.807) is 6.92 Å². The minimum atomic E-state index is -1.11. The molecule has 0 aliphatic heterocycles. The molecule has 0 radical (unpaired) electrons. The summed E-state index contributed by atoms with van der Waals surface area (Å²) in [5, 5.41) is 8.97. The van der Waals surface area contributed by atoms with Crippen molar-refractivity contribution in [3.05, 3.63) is 29.8 Å². The first-order chi connectivity index (χ1) is 9.38. The number of benzene rings is 1. The SMILES string of the molecule is CCN(CCCCC(C)(N)C(=O)O)c1ccccc1C. The largest absolute Gasteiger partial charge is 0.480 e. The monoisotopic (exact) mass is 278 g/mol. The van der Waals surface area contributed by atoms with Crippen LogP contribution in [0.5, 0.6) is 0 Å². The van der Waals surface area contributed by atoms with E-state index in [1.165, 1.54) is 11.3 Å². The van der Waals surface area contributed by atoms with Crippen molar-refractivity contribution >= 4 is 11.7 Å². The van der Waals surface area contributed by atoms with Gasteiger partial charge in [-0.15, -0.1) is 0 Å². The average molecular weight is 278 g/mol. The van der Waals surface area contributed by atoms with Gasteiger partial charge in [-0.3, -0.25) is 4.79 Å². The first-order valence-electron chi connectivity index (χ1n) is 7.21. The van der Waals surface area contributed by atoms with E-state index in [0.717, 1.165) is 25.9 Å². The van der Waals surface area contributed by atoms with E-state index >= 15 is 0 Å². The minimum Gasteiger partial charge on any atom is -0.480 e. The Balaban J connectivity index is 2.48. The van der Waals surface area contributed by atoms with Crippen molar-refractivity contribution in [2.75, 3.05) is 18.0 Å². The molecule has 0 spiro atoms. The Hall–Kier alpha value is -1.55. The number of carbonyl (C=O) groups is 1. The lowest BCUT2D eigenvalue weighted by Crippen LogP contribution is -2.44. The highest BCUT2D eigenvalue weighted by Gasteiger charge is 2.26. The second-order valence-electron chi connectivity index (χ2n) is 5.55. The maximum absolute atomic E-state index is 10.9. The third-order valence-corrected chi connectivity index (χ3v) is 3.70. The van der Waals surface area contributed by atoms with Gasteiger partial charge in [0.2, 0.25) is 0 Å². The van der Waals surface area contributed by atoms with Crippen LogP contribution >= 0.6 is 0 Å². The number of carboxylic acids is 1. The van der Waals surface area contributed by atoms with Crippen molar-refractivity contribution in [2.45, 2.75) is 45.6 Å². The number of nitrogens with two attached hydrogens (primary N) is 1. The van der Waals surface area contributed by atoms with Gasteiger partial charge >= 0.3 is 5.97 Å². The number of para-hydroxylation sites is 1. The smallest absolute Gasteiger partial charge is 0.323 e. The van der Waals surface area contributed by atoms with Gasteiger partial charge in [-0.05, 0) is 51.7 Å². The zero-order chi connectivity index (χ0) is 15.2. The van der Waals surface area contributed by atoms with Gasteiger partial charge in [0, 0.05) is 18.8 Å². The number of hydrogen-bond donors (Lipinski definition) is 2. The van der Waals surface area contributed by atoms with Crippen LogP contribution in [0, 0.1) is 6.92 Å². The van der Waals surface area contributed by atoms with E-state index in [2.05, 4.69) is 30.9 Å². The molecule has 0 heterocycles. The molecule has 1 aromatic rings. The highest BCUT2D eigenvalue weighted by atomic mass is 16.4. The molecule has 1 atom stereocenters. The maximum Gasteiger partial charge on any atom is 0.323 e. The maximum atomic E-state index is 10.9. The van der Waals surface area contributed by atoms with Crippen LogP contribution in [0.15, 0.2) is 24.3 Å². The molecule has 0 aliphatic rings. The fourth-order valence-electron chi connectivity index (χ4n) is 2.27. The number of carboxylic acid groups (broad SMARTS) is 1. The van der Waals surface area contributed by atoms with Crippen LogP contribution in [0.1, 0.15) is 38.7 Å². The van der Waals surface area contributed by atoms with Crippen LogP contribution in [0.3, 0.4) is 0 Å². The zero-order valence-corrected chi connectivity index (χ0v) is 12.7. The summed E-state index contributed by atoms with van der Waals surface area (Å²) in [6.07, 6.45) is 2.28. The number of hydrogen-bond acceptors (Lipinski definition) is 3. The van der Waals surface area contributed by atoms with E-state index in [-0.39, 0.29) is 0 Å². The van der Waals surface area contributed by atoms with Crippen molar-refractivity contribution in [2.24, 2.45) is 5.73 Å². The summed E-state index contributed by atoms with van der Waals surface area (Å²) in [5.41, 5.74) is 7.14. The molecule has 0 saturated carbocycles. The summed E-state index contributed by atoms with van der Waals surface area (Å²) >= 11 is 0. The number of anilines is 1. The average Bonchev–Trinajstić information content (AvgIpc) is 2.40.